The number of nitrogens with zero attached hydrogens (tertiary/aromatic N) is 6. The van der Waals surface area contributed by atoms with Crippen molar-refractivity contribution < 1.29 is 9.13 Å². The molecule has 1 saturated carbocycles. The number of anilines is 1. The molecular formula is C27H28ClFN6O2. The van der Waals surface area contributed by atoms with Gasteiger partial charge in [-0.2, -0.15) is 5.10 Å². The first kappa shape index (κ1) is 24.1. The van der Waals surface area contributed by atoms with Crippen molar-refractivity contribution in [2.24, 2.45) is 14.1 Å². The predicted octanol–water partition coefficient (Wildman–Crippen LogP) is 4.76. The fourth-order valence-electron chi connectivity index (χ4n) is 5.52. The van der Waals surface area contributed by atoms with Crippen LogP contribution in [0.2, 0.25) is 5.02 Å². The third-order valence-corrected chi connectivity index (χ3v) is 7.71. The molecule has 6 rings (SSSR count). The van der Waals surface area contributed by atoms with Gasteiger partial charge in [-0.15, -0.1) is 0 Å². The zero-order chi connectivity index (χ0) is 25.7. The van der Waals surface area contributed by atoms with Crippen molar-refractivity contribution in [3.8, 4) is 11.3 Å². The maximum absolute atomic E-state index is 15.2. The molecular weight excluding hydrogens is 495 g/mol. The maximum Gasteiger partial charge on any atom is 0.261 e. The van der Waals surface area contributed by atoms with Crippen LogP contribution in [-0.2, 0) is 18.8 Å². The van der Waals surface area contributed by atoms with Gasteiger partial charge in [0.05, 0.1) is 18.2 Å². The Morgan fingerprint density at radius 2 is 1.95 bits per heavy atom. The highest BCUT2D eigenvalue weighted by atomic mass is 35.5. The molecule has 1 aromatic carbocycles. The molecule has 0 bridgehead atoms. The van der Waals surface area contributed by atoms with Gasteiger partial charge in [-0.05, 0) is 37.1 Å². The third-order valence-electron chi connectivity index (χ3n) is 7.48. The van der Waals surface area contributed by atoms with E-state index in [1.54, 1.807) is 40.7 Å². The largest absolute Gasteiger partial charge is 0.370 e. The molecule has 1 aliphatic carbocycles. The van der Waals surface area contributed by atoms with Crippen molar-refractivity contribution in [3.05, 3.63) is 69.2 Å². The van der Waals surface area contributed by atoms with Gasteiger partial charge in [0, 0.05) is 55.4 Å². The number of halogens is 2. The first-order valence-corrected chi connectivity index (χ1v) is 13.0. The summed E-state index contributed by atoms with van der Waals surface area (Å²) in [5.74, 6) is 1.03. The predicted molar refractivity (Wildman–Crippen MR) is 141 cm³/mol. The molecule has 37 heavy (non-hydrogen) atoms. The molecule has 0 spiro atoms. The van der Waals surface area contributed by atoms with Gasteiger partial charge in [-0.1, -0.05) is 24.4 Å². The fraction of sp³-hybridized carbons (Fsp3) is 0.407. The lowest BCUT2D eigenvalue weighted by atomic mass is 10.0. The first-order chi connectivity index (χ1) is 17.9. The van der Waals surface area contributed by atoms with Gasteiger partial charge in [0.2, 0.25) is 0 Å². The summed E-state index contributed by atoms with van der Waals surface area (Å²) in [5.41, 5.74) is 1.86. The second kappa shape index (κ2) is 9.54. The number of pyridine rings is 1. The Bertz CT molecular complexity index is 1540. The van der Waals surface area contributed by atoms with Gasteiger partial charge in [0.15, 0.2) is 0 Å². The molecule has 1 saturated heterocycles. The Hall–Kier alpha value is -3.30. The Balaban J connectivity index is 1.52. The van der Waals surface area contributed by atoms with E-state index in [-0.39, 0.29) is 23.1 Å². The maximum atomic E-state index is 15.2. The summed E-state index contributed by atoms with van der Waals surface area (Å²) in [7, 11) is 3.64. The molecule has 1 atom stereocenters. The Morgan fingerprint density at radius 3 is 2.68 bits per heavy atom. The van der Waals surface area contributed by atoms with E-state index in [0.29, 0.717) is 47.1 Å². The van der Waals surface area contributed by atoms with Crippen LogP contribution in [0, 0.1) is 5.82 Å². The number of morpholine rings is 1. The Labute approximate surface area is 218 Å². The molecule has 2 fully saturated rings. The minimum absolute atomic E-state index is 0.150. The number of ether oxygens (including phenoxy) is 1. The van der Waals surface area contributed by atoms with Gasteiger partial charge in [-0.25, -0.2) is 14.4 Å². The van der Waals surface area contributed by atoms with E-state index in [0.717, 1.165) is 37.1 Å². The number of hydrogen-bond acceptors (Lipinski definition) is 6. The van der Waals surface area contributed by atoms with Gasteiger partial charge >= 0.3 is 0 Å². The first-order valence-electron chi connectivity index (χ1n) is 12.6. The van der Waals surface area contributed by atoms with Crippen LogP contribution in [0.4, 0.5) is 10.2 Å². The molecule has 0 N–H and O–H groups in total. The number of benzene rings is 1. The zero-order valence-electron chi connectivity index (χ0n) is 20.8. The lowest BCUT2D eigenvalue weighted by Crippen LogP contribution is -2.39. The van der Waals surface area contributed by atoms with Crippen molar-refractivity contribution in [3.63, 3.8) is 0 Å². The van der Waals surface area contributed by atoms with E-state index in [4.69, 9.17) is 26.3 Å². The highest BCUT2D eigenvalue weighted by Gasteiger charge is 2.28. The van der Waals surface area contributed by atoms with E-state index in [9.17, 15) is 4.79 Å². The monoisotopic (exact) mass is 522 g/mol. The van der Waals surface area contributed by atoms with Gasteiger partial charge in [-0.3, -0.25) is 14.0 Å². The quantitative estimate of drug-likeness (QED) is 0.384. The zero-order valence-corrected chi connectivity index (χ0v) is 21.6. The van der Waals surface area contributed by atoms with E-state index < -0.39 is 5.82 Å². The second-order valence-corrected chi connectivity index (χ2v) is 10.4. The smallest absolute Gasteiger partial charge is 0.261 e. The summed E-state index contributed by atoms with van der Waals surface area (Å²) in [6.45, 7) is 1.60. The molecule has 8 nitrogen and oxygen atoms in total. The molecule has 192 valence electrons. The van der Waals surface area contributed by atoms with Gasteiger partial charge in [0.1, 0.15) is 34.8 Å². The summed E-state index contributed by atoms with van der Waals surface area (Å²) in [6.07, 6.45) is 7.74. The van der Waals surface area contributed by atoms with Crippen LogP contribution < -0.4 is 10.5 Å². The average Bonchev–Trinajstić information content (AvgIpc) is 3.58. The van der Waals surface area contributed by atoms with Crippen LogP contribution in [0.15, 0.2) is 41.5 Å². The van der Waals surface area contributed by atoms with Crippen molar-refractivity contribution in [1.82, 2.24) is 24.3 Å². The van der Waals surface area contributed by atoms with Crippen molar-refractivity contribution in [2.75, 3.05) is 24.6 Å². The third kappa shape index (κ3) is 4.40. The van der Waals surface area contributed by atoms with Crippen molar-refractivity contribution >= 4 is 28.3 Å². The lowest BCUT2D eigenvalue weighted by molar-refractivity contribution is 0.0395. The molecule has 4 aromatic rings. The number of aryl methyl sites for hydroxylation is 1. The van der Waals surface area contributed by atoms with E-state index >= 15 is 4.39 Å². The molecule has 0 radical (unpaired) electrons. The highest BCUT2D eigenvalue weighted by molar-refractivity contribution is 6.30. The molecule has 3 aromatic heterocycles. The van der Waals surface area contributed by atoms with Gasteiger partial charge in [0.25, 0.3) is 5.56 Å². The van der Waals surface area contributed by atoms with Gasteiger partial charge < -0.3 is 9.64 Å². The molecule has 0 amide bonds. The highest BCUT2D eigenvalue weighted by Crippen LogP contribution is 2.36. The molecule has 4 heterocycles. The summed E-state index contributed by atoms with van der Waals surface area (Å²) in [4.78, 5) is 25.6. The van der Waals surface area contributed by atoms with E-state index in [2.05, 4.69) is 10.00 Å². The van der Waals surface area contributed by atoms with Crippen LogP contribution in [0.25, 0.3) is 22.2 Å². The topological polar surface area (TPSA) is 78.1 Å². The minimum atomic E-state index is -0.501. The van der Waals surface area contributed by atoms with E-state index in [1.807, 2.05) is 13.2 Å². The fourth-order valence-corrected chi connectivity index (χ4v) is 5.68. The molecule has 0 unspecified atom stereocenters. The van der Waals surface area contributed by atoms with Crippen LogP contribution in [-0.4, -0.2) is 44.0 Å². The number of rotatable bonds is 4. The van der Waals surface area contributed by atoms with Crippen LogP contribution in [0.1, 0.15) is 49.1 Å². The normalized spacial score (nSPS) is 18.7. The standard InChI is InChI=1S/C27H28ClFN6O2/c1-33-14-17(13-30-33)22-15-35(9-10-37-22)23-12-20-25(24(31-23)19-8-7-18(28)11-21(19)29)32-26(34(2)27(20)36)16-5-3-4-6-16/h7-8,11-14,16,22H,3-6,9-10,15H2,1-2H3/t22-/m0/s1. The van der Waals surface area contributed by atoms with Crippen molar-refractivity contribution in [1.29, 1.82) is 0 Å². The number of fused-ring (bicyclic) bond motifs is 1. The second-order valence-electron chi connectivity index (χ2n) is 9.92. The summed E-state index contributed by atoms with van der Waals surface area (Å²) in [5, 5.41) is 4.98. The van der Waals surface area contributed by atoms with Crippen molar-refractivity contribution in [2.45, 2.75) is 37.7 Å². The number of aromatic nitrogens is 5. The average molecular weight is 523 g/mol. The number of hydrogen-bond donors (Lipinski definition) is 0. The summed E-state index contributed by atoms with van der Waals surface area (Å²) in [6, 6.07) is 6.29. The van der Waals surface area contributed by atoms with Crippen LogP contribution in [0.3, 0.4) is 0 Å². The van der Waals surface area contributed by atoms with E-state index in [1.165, 1.54) is 6.07 Å². The SMILES string of the molecule is Cn1cc([C@@H]2CN(c3cc4c(=O)n(C)c(C5CCCC5)nc4c(-c4ccc(Cl)cc4F)n3)CCO2)cn1. The molecule has 10 heteroatoms. The lowest BCUT2D eigenvalue weighted by Gasteiger charge is -2.33. The molecule has 2 aliphatic rings. The summed E-state index contributed by atoms with van der Waals surface area (Å²) >= 11 is 6.05. The molecule has 1 aliphatic heterocycles. The Morgan fingerprint density at radius 1 is 1.14 bits per heavy atom. The Kier molecular flexibility index (Phi) is 6.20. The van der Waals surface area contributed by atoms with Crippen LogP contribution >= 0.6 is 11.6 Å². The minimum Gasteiger partial charge on any atom is -0.370 e. The van der Waals surface area contributed by atoms with Crippen LogP contribution in [0.5, 0.6) is 0 Å². The summed E-state index contributed by atoms with van der Waals surface area (Å²) < 4.78 is 24.6.